The van der Waals surface area contributed by atoms with E-state index in [1.165, 1.54) is 4.90 Å². The lowest BCUT2D eigenvalue weighted by Crippen LogP contribution is -2.36. The Morgan fingerprint density at radius 1 is 1.12 bits per heavy atom. The van der Waals surface area contributed by atoms with E-state index in [0.717, 1.165) is 23.4 Å². The summed E-state index contributed by atoms with van der Waals surface area (Å²) < 4.78 is 5.64. The zero-order chi connectivity index (χ0) is 17.6. The van der Waals surface area contributed by atoms with E-state index >= 15 is 0 Å². The molecule has 25 heavy (non-hydrogen) atoms. The van der Waals surface area contributed by atoms with Crippen LogP contribution in [0.2, 0.25) is 0 Å². The number of nitrogens with zero attached hydrogens (tertiary/aromatic N) is 1. The number of likely N-dealkylation sites (N-methyl/N-ethyl adjacent to an activating group) is 1. The van der Waals surface area contributed by atoms with Crippen LogP contribution in [0.25, 0.3) is 0 Å². The highest BCUT2D eigenvalue weighted by atomic mass is 16.5. The molecule has 1 heterocycles. The summed E-state index contributed by atoms with van der Waals surface area (Å²) in [4.78, 5) is 26.1. The minimum absolute atomic E-state index is 0.0371. The topological polar surface area (TPSA) is 58.6 Å². The van der Waals surface area contributed by atoms with Crippen molar-refractivity contribution in [3.05, 3.63) is 60.2 Å². The average Bonchev–Trinajstić information content (AvgIpc) is 2.62. The summed E-state index contributed by atoms with van der Waals surface area (Å²) in [6, 6.07) is 17.1. The summed E-state index contributed by atoms with van der Waals surface area (Å²) in [6.45, 7) is 0.658. The van der Waals surface area contributed by atoms with E-state index in [1.807, 2.05) is 54.6 Å². The Morgan fingerprint density at radius 3 is 2.64 bits per heavy atom. The van der Waals surface area contributed by atoms with Crippen molar-refractivity contribution in [1.29, 1.82) is 0 Å². The molecule has 0 saturated carbocycles. The van der Waals surface area contributed by atoms with Gasteiger partial charge in [0.25, 0.3) is 0 Å². The Bertz CT molecular complexity index is 746. The predicted octanol–water partition coefficient (Wildman–Crippen LogP) is 3.04. The van der Waals surface area contributed by atoms with Gasteiger partial charge in [-0.3, -0.25) is 9.59 Å². The van der Waals surface area contributed by atoms with Crippen LogP contribution < -0.4 is 10.1 Å². The molecule has 2 aromatic carbocycles. The van der Waals surface area contributed by atoms with Gasteiger partial charge in [0, 0.05) is 19.2 Å². The molecule has 0 spiro atoms. The van der Waals surface area contributed by atoms with Gasteiger partial charge in [-0.2, -0.15) is 0 Å². The van der Waals surface area contributed by atoms with Gasteiger partial charge in [-0.05, 0) is 36.1 Å². The molecule has 1 aliphatic heterocycles. The highest BCUT2D eigenvalue weighted by Crippen LogP contribution is 2.35. The normalized spacial score (nSPS) is 15.6. The fraction of sp³-hybridized carbons (Fsp3) is 0.300. The quantitative estimate of drug-likeness (QED) is 0.911. The van der Waals surface area contributed by atoms with E-state index in [2.05, 4.69) is 5.32 Å². The molecule has 0 aliphatic carbocycles. The molecule has 0 saturated heterocycles. The maximum Gasteiger partial charge on any atom is 0.243 e. The lowest BCUT2D eigenvalue weighted by molar-refractivity contribution is -0.133. The lowest BCUT2D eigenvalue weighted by Gasteiger charge is -2.27. The second kappa shape index (κ2) is 7.83. The number of carbonyl (C=O) groups is 2. The maximum atomic E-state index is 12.5. The van der Waals surface area contributed by atoms with Crippen LogP contribution in [-0.4, -0.2) is 36.9 Å². The highest BCUT2D eigenvalue weighted by Gasteiger charge is 2.25. The Kier molecular flexibility index (Phi) is 5.33. The van der Waals surface area contributed by atoms with Crippen molar-refractivity contribution < 1.29 is 14.3 Å². The van der Waals surface area contributed by atoms with Crippen molar-refractivity contribution in [1.82, 2.24) is 4.90 Å². The second-order valence-electron chi connectivity index (χ2n) is 6.24. The average molecular weight is 338 g/mol. The lowest BCUT2D eigenvalue weighted by atomic mass is 9.90. The third kappa shape index (κ3) is 4.38. The van der Waals surface area contributed by atoms with Gasteiger partial charge in [0.1, 0.15) is 5.75 Å². The number of anilines is 1. The molecule has 1 aliphatic rings. The smallest absolute Gasteiger partial charge is 0.243 e. The molecule has 0 fully saturated rings. The number of benzene rings is 2. The van der Waals surface area contributed by atoms with Gasteiger partial charge in [0.15, 0.2) is 0 Å². The van der Waals surface area contributed by atoms with Crippen LogP contribution >= 0.6 is 0 Å². The molecular formula is C20H22N2O3. The van der Waals surface area contributed by atoms with Crippen molar-refractivity contribution in [2.75, 3.05) is 25.5 Å². The molecule has 5 nitrogen and oxygen atoms in total. The van der Waals surface area contributed by atoms with Crippen molar-refractivity contribution >= 4 is 17.5 Å². The van der Waals surface area contributed by atoms with E-state index in [0.29, 0.717) is 13.0 Å². The summed E-state index contributed by atoms with van der Waals surface area (Å²) >= 11 is 0. The van der Waals surface area contributed by atoms with Crippen LogP contribution in [0.1, 0.15) is 24.3 Å². The molecular weight excluding hydrogens is 316 g/mol. The number of para-hydroxylation sites is 2. The Morgan fingerprint density at radius 2 is 1.84 bits per heavy atom. The number of amides is 2. The molecule has 1 N–H and O–H groups in total. The Balaban J connectivity index is 1.55. The number of hydrogen-bond acceptors (Lipinski definition) is 3. The van der Waals surface area contributed by atoms with E-state index in [4.69, 9.17) is 4.74 Å². The minimum atomic E-state index is -0.200. The van der Waals surface area contributed by atoms with Crippen LogP contribution in [-0.2, 0) is 9.59 Å². The first-order valence-electron chi connectivity index (χ1n) is 8.44. The van der Waals surface area contributed by atoms with Crippen LogP contribution in [0, 0.1) is 0 Å². The standard InChI is InChI=1S/C20H22N2O3/c1-22(14-19(23)21-16-7-3-2-4-8-16)20(24)13-15-11-12-25-18-10-6-5-9-17(15)18/h2-10,15H,11-14H2,1H3,(H,21,23)/t15-/m0/s1. The van der Waals surface area contributed by atoms with E-state index in [9.17, 15) is 9.59 Å². The summed E-state index contributed by atoms with van der Waals surface area (Å²) in [5, 5.41) is 2.79. The van der Waals surface area contributed by atoms with E-state index < -0.39 is 0 Å². The fourth-order valence-electron chi connectivity index (χ4n) is 3.02. The fourth-order valence-corrected chi connectivity index (χ4v) is 3.02. The number of nitrogens with one attached hydrogen (secondary N) is 1. The molecule has 0 unspecified atom stereocenters. The number of fused-ring (bicyclic) bond motifs is 1. The third-order valence-electron chi connectivity index (χ3n) is 4.37. The number of carbonyl (C=O) groups excluding carboxylic acids is 2. The van der Waals surface area contributed by atoms with Crippen LogP contribution in [0.3, 0.4) is 0 Å². The predicted molar refractivity (Wildman–Crippen MR) is 96.6 cm³/mol. The van der Waals surface area contributed by atoms with Gasteiger partial charge in [-0.25, -0.2) is 0 Å². The summed E-state index contributed by atoms with van der Waals surface area (Å²) in [6.07, 6.45) is 1.20. The van der Waals surface area contributed by atoms with Crippen molar-refractivity contribution in [3.63, 3.8) is 0 Å². The Hall–Kier alpha value is -2.82. The molecule has 0 bridgehead atoms. The molecule has 130 valence electrons. The van der Waals surface area contributed by atoms with Gasteiger partial charge >= 0.3 is 0 Å². The number of rotatable bonds is 5. The van der Waals surface area contributed by atoms with Crippen LogP contribution in [0.4, 0.5) is 5.69 Å². The van der Waals surface area contributed by atoms with E-state index in [-0.39, 0.29) is 24.3 Å². The second-order valence-corrected chi connectivity index (χ2v) is 6.24. The van der Waals surface area contributed by atoms with Crippen LogP contribution in [0.15, 0.2) is 54.6 Å². The highest BCUT2D eigenvalue weighted by molar-refractivity contribution is 5.94. The minimum Gasteiger partial charge on any atom is -0.493 e. The first-order chi connectivity index (χ1) is 12.1. The molecule has 3 rings (SSSR count). The van der Waals surface area contributed by atoms with Gasteiger partial charge < -0.3 is 15.0 Å². The van der Waals surface area contributed by atoms with Crippen molar-refractivity contribution in [2.45, 2.75) is 18.8 Å². The zero-order valence-corrected chi connectivity index (χ0v) is 14.3. The number of ether oxygens (including phenoxy) is 1. The van der Waals surface area contributed by atoms with Gasteiger partial charge in [-0.15, -0.1) is 0 Å². The molecule has 0 radical (unpaired) electrons. The first kappa shape index (κ1) is 17.0. The molecule has 5 heteroatoms. The molecule has 1 atom stereocenters. The summed E-state index contributed by atoms with van der Waals surface area (Å²) in [5.74, 6) is 0.757. The van der Waals surface area contributed by atoms with Crippen molar-refractivity contribution in [2.24, 2.45) is 0 Å². The summed E-state index contributed by atoms with van der Waals surface area (Å²) in [7, 11) is 1.66. The maximum absolute atomic E-state index is 12.5. The third-order valence-corrected chi connectivity index (χ3v) is 4.37. The van der Waals surface area contributed by atoms with Gasteiger partial charge in [-0.1, -0.05) is 36.4 Å². The zero-order valence-electron chi connectivity index (χ0n) is 14.3. The first-order valence-corrected chi connectivity index (χ1v) is 8.44. The number of hydrogen-bond donors (Lipinski definition) is 1. The summed E-state index contributed by atoms with van der Waals surface area (Å²) in [5.41, 5.74) is 1.80. The Labute approximate surface area is 147 Å². The van der Waals surface area contributed by atoms with Crippen LogP contribution in [0.5, 0.6) is 5.75 Å². The SMILES string of the molecule is CN(CC(=O)Nc1ccccc1)C(=O)C[C@@H]1CCOc2ccccc21. The molecule has 2 amide bonds. The van der Waals surface area contributed by atoms with Gasteiger partial charge in [0.2, 0.25) is 11.8 Å². The van der Waals surface area contributed by atoms with Gasteiger partial charge in [0.05, 0.1) is 13.2 Å². The monoisotopic (exact) mass is 338 g/mol. The molecule has 2 aromatic rings. The van der Waals surface area contributed by atoms with E-state index in [1.54, 1.807) is 7.05 Å². The largest absolute Gasteiger partial charge is 0.493 e. The van der Waals surface area contributed by atoms with Crippen molar-refractivity contribution in [3.8, 4) is 5.75 Å². The molecule has 0 aromatic heterocycles.